The van der Waals surface area contributed by atoms with E-state index >= 15 is 0 Å². The number of aldehydes is 1. The van der Waals surface area contributed by atoms with Gasteiger partial charge in [-0.1, -0.05) is 58.7 Å². The van der Waals surface area contributed by atoms with Crippen LogP contribution in [0.3, 0.4) is 0 Å². The molecule has 13 heteroatoms. The summed E-state index contributed by atoms with van der Waals surface area (Å²) in [5, 5.41) is 0. The third kappa shape index (κ3) is 21.3. The first-order valence-electron chi connectivity index (χ1n) is 25.9. The van der Waals surface area contributed by atoms with Gasteiger partial charge >= 0.3 is 29.6 Å². The standard InChI is InChI=1S/C26H43NO2S.C13H20N2.C12H22O3S.C4H8O.B.Na.H/c1-20-15-21(2)18-27(17-20)25-8-6-7-23(16-25)12-9-22-10-13-24(14-11-22)19-30(28,29)26(3,4)5;1-10-6-11(2)9-15(8-10)13-5-3-4-12(14)7-13;1-12(2,3)16(14,15)9-11-6-4-10(8-13)5-7-11;1-2-4-5-3-1;;;/h6-8,16,20-22,24H,9-15,17-19H2,1-5H3;3-5,7,10-11H,6,8-9,14H2,1-2H3;8,10-11H,4-7,9H2,1-3H3;1-4H2;;;/q;;;;;+1;-1. The summed E-state index contributed by atoms with van der Waals surface area (Å²) >= 11 is 0. The summed E-state index contributed by atoms with van der Waals surface area (Å²) in [5.41, 5.74) is 10.8. The molecule has 4 unspecified atom stereocenters. The number of nitrogen functional groups attached to an aromatic ring is 1. The Bertz CT molecular complexity index is 1950. The van der Waals surface area contributed by atoms with Crippen molar-refractivity contribution in [3.05, 3.63) is 54.1 Å². The second-order valence-electron chi connectivity index (χ2n) is 23.4. The van der Waals surface area contributed by atoms with Gasteiger partial charge in [0.05, 0.1) is 21.0 Å². The van der Waals surface area contributed by atoms with Gasteiger partial charge in [-0.2, -0.15) is 0 Å². The zero-order valence-electron chi connectivity index (χ0n) is 45.7. The molecule has 5 aliphatic rings. The molecule has 68 heavy (non-hydrogen) atoms. The number of carbonyl (C=O) groups is 1. The summed E-state index contributed by atoms with van der Waals surface area (Å²) in [5.74, 6) is 5.29. The van der Waals surface area contributed by atoms with Crippen LogP contribution >= 0.6 is 0 Å². The molecule has 2 N–H and O–H groups in total. The number of hydrogen-bond donors (Lipinski definition) is 1. The predicted molar refractivity (Wildman–Crippen MR) is 287 cm³/mol. The Kier molecular flexibility index (Phi) is 26.9. The zero-order chi connectivity index (χ0) is 48.7. The first kappa shape index (κ1) is 62.6. The van der Waals surface area contributed by atoms with Crippen LogP contribution in [0.4, 0.5) is 17.1 Å². The Morgan fingerprint density at radius 3 is 1.41 bits per heavy atom. The molecular formula is C55H94BN3NaO6S2. The summed E-state index contributed by atoms with van der Waals surface area (Å²) in [7, 11) is -6.01. The van der Waals surface area contributed by atoms with Crippen LogP contribution < -0.4 is 45.1 Å². The summed E-state index contributed by atoms with van der Waals surface area (Å²) < 4.78 is 52.7. The maximum atomic E-state index is 12.5. The number of benzene rings is 2. The van der Waals surface area contributed by atoms with Gasteiger partial charge in [0, 0.05) is 70.8 Å². The molecule has 0 bridgehead atoms. The van der Waals surface area contributed by atoms with E-state index in [1.807, 2.05) is 32.9 Å². The van der Waals surface area contributed by atoms with E-state index in [-0.39, 0.29) is 57.0 Å². The van der Waals surface area contributed by atoms with Crippen LogP contribution in [-0.4, -0.2) is 91.9 Å². The number of sulfone groups is 2. The molecule has 2 aromatic rings. The Balaban J connectivity index is 0.000000516. The summed E-state index contributed by atoms with van der Waals surface area (Å²) in [6.45, 7) is 26.8. The van der Waals surface area contributed by atoms with Gasteiger partial charge in [0.1, 0.15) is 6.29 Å². The normalized spacial score (nSPS) is 26.7. The van der Waals surface area contributed by atoms with E-state index in [1.54, 1.807) is 20.8 Å². The van der Waals surface area contributed by atoms with Crippen LogP contribution in [0.25, 0.3) is 0 Å². The van der Waals surface area contributed by atoms with Gasteiger partial charge in [-0.25, -0.2) is 16.8 Å². The average molecular weight is 991 g/mol. The number of aryl methyl sites for hydroxylation is 1. The second kappa shape index (κ2) is 29.2. The minimum Gasteiger partial charge on any atom is -1.00 e. The van der Waals surface area contributed by atoms with Gasteiger partial charge in [-0.05, 0) is 196 Å². The molecule has 0 amide bonds. The quantitative estimate of drug-likeness (QED) is 0.142. The Labute approximate surface area is 442 Å². The smallest absolute Gasteiger partial charge is 1.00 e. The third-order valence-electron chi connectivity index (χ3n) is 14.7. The maximum Gasteiger partial charge on any atom is 1.00 e. The summed E-state index contributed by atoms with van der Waals surface area (Å²) in [4.78, 5) is 15.6. The SMILES string of the molecule is C1CCOC1.CC(C)(C)S(=O)(=O)CC1CCC(C=O)CC1.CC1CC(C)CN(c2cccc(CCC3CCC(CS(=O)(=O)C(C)(C)C)CC3)c2)C1.CC1CC(C)CN(c2cccc(N)c2)C1.[B].[H-].[Na+]. The predicted octanol–water partition coefficient (Wildman–Crippen LogP) is 8.61. The molecule has 3 heterocycles. The number of hydrogen-bond acceptors (Lipinski definition) is 9. The van der Waals surface area contributed by atoms with Crippen LogP contribution in [0.2, 0.25) is 0 Å². The van der Waals surface area contributed by atoms with Crippen molar-refractivity contribution < 1.29 is 57.4 Å². The summed E-state index contributed by atoms with van der Waals surface area (Å²) in [6.07, 6.45) is 16.6. The Morgan fingerprint density at radius 2 is 1.03 bits per heavy atom. The molecule has 3 saturated heterocycles. The van der Waals surface area contributed by atoms with Crippen LogP contribution in [0.5, 0.6) is 0 Å². The maximum absolute atomic E-state index is 12.5. The van der Waals surface area contributed by atoms with Gasteiger partial charge in [-0.15, -0.1) is 0 Å². The van der Waals surface area contributed by atoms with E-state index in [2.05, 4.69) is 73.9 Å². The molecule has 2 saturated carbocycles. The largest absolute Gasteiger partial charge is 1.00 e. The van der Waals surface area contributed by atoms with Gasteiger partial charge in [0.15, 0.2) is 19.7 Å². The number of nitrogens with two attached hydrogens (primary N) is 1. The first-order chi connectivity index (χ1) is 30.9. The van der Waals surface area contributed by atoms with Crippen molar-refractivity contribution >= 4 is 51.4 Å². The van der Waals surface area contributed by atoms with Crippen molar-refractivity contribution in [1.29, 1.82) is 0 Å². The van der Waals surface area contributed by atoms with Crippen molar-refractivity contribution in [3.8, 4) is 0 Å². The Morgan fingerprint density at radius 1 is 0.632 bits per heavy atom. The van der Waals surface area contributed by atoms with Gasteiger partial charge in [-0.3, -0.25) is 0 Å². The Hall–Kier alpha value is -1.57. The molecule has 7 rings (SSSR count). The van der Waals surface area contributed by atoms with Crippen LogP contribution in [0, 0.1) is 47.3 Å². The van der Waals surface area contributed by atoms with E-state index < -0.39 is 29.2 Å². The minimum absolute atomic E-state index is 0. The molecule has 3 aliphatic heterocycles. The zero-order valence-corrected chi connectivity index (χ0v) is 48.3. The van der Waals surface area contributed by atoms with E-state index in [9.17, 15) is 21.6 Å². The first-order valence-corrected chi connectivity index (χ1v) is 29.2. The van der Waals surface area contributed by atoms with Crippen LogP contribution in [0.15, 0.2) is 48.5 Å². The molecule has 9 nitrogen and oxygen atoms in total. The van der Waals surface area contributed by atoms with Crippen molar-refractivity contribution in [2.75, 3.05) is 66.4 Å². The fourth-order valence-electron chi connectivity index (χ4n) is 10.6. The van der Waals surface area contributed by atoms with Gasteiger partial charge in [0.25, 0.3) is 0 Å². The minimum atomic E-state index is -3.01. The molecule has 0 spiro atoms. The van der Waals surface area contributed by atoms with Crippen molar-refractivity contribution in [2.24, 2.45) is 47.3 Å². The number of piperidine rings is 2. The van der Waals surface area contributed by atoms with E-state index in [1.165, 1.54) is 75.0 Å². The third-order valence-corrected chi connectivity index (χ3v) is 20.3. The molecule has 3 radical (unpaired) electrons. The fourth-order valence-corrected chi connectivity index (χ4v) is 13.5. The summed E-state index contributed by atoms with van der Waals surface area (Å²) in [6, 6.07) is 17.4. The molecule has 381 valence electrons. The van der Waals surface area contributed by atoms with Gasteiger partial charge < -0.3 is 26.5 Å². The number of nitrogens with zero attached hydrogens (tertiary/aromatic N) is 2. The molecule has 4 atom stereocenters. The molecular weight excluding hydrogens is 897 g/mol. The molecule has 5 fully saturated rings. The van der Waals surface area contributed by atoms with Crippen molar-refractivity contribution in [3.63, 3.8) is 0 Å². The molecule has 0 aromatic heterocycles. The monoisotopic (exact) mass is 991 g/mol. The van der Waals surface area contributed by atoms with Crippen LogP contribution in [0.1, 0.15) is 160 Å². The van der Waals surface area contributed by atoms with Crippen molar-refractivity contribution in [1.82, 2.24) is 0 Å². The number of ether oxygens (including phenoxy) is 1. The van der Waals surface area contributed by atoms with E-state index in [0.717, 1.165) is 113 Å². The van der Waals surface area contributed by atoms with E-state index in [0.29, 0.717) is 11.7 Å². The molecule has 2 aliphatic carbocycles. The second-order valence-corrected chi connectivity index (χ2v) is 29.0. The van der Waals surface area contributed by atoms with Gasteiger partial charge in [0.2, 0.25) is 0 Å². The average Bonchev–Trinajstić information content (AvgIpc) is 3.84. The molecule has 2 aromatic carbocycles. The van der Waals surface area contributed by atoms with E-state index in [4.69, 9.17) is 10.5 Å². The number of rotatable bonds is 10. The van der Waals surface area contributed by atoms with Crippen molar-refractivity contribution in [2.45, 2.75) is 169 Å². The van der Waals surface area contributed by atoms with Crippen LogP contribution in [-0.2, 0) is 35.6 Å². The fraction of sp³-hybridized carbons (Fsp3) is 0.764. The topological polar surface area (TPSA) is 127 Å². The number of anilines is 3. The number of carbonyl (C=O) groups excluding carboxylic acids is 1.